The molecule has 0 aliphatic carbocycles. The predicted octanol–water partition coefficient (Wildman–Crippen LogP) is 3.38. The number of nitrogens with zero attached hydrogens (tertiary/aromatic N) is 1. The molecule has 6 heteroatoms. The van der Waals surface area contributed by atoms with Crippen LogP contribution in [0.1, 0.15) is 48.0 Å². The molecule has 0 aromatic carbocycles. The van der Waals surface area contributed by atoms with Crippen molar-refractivity contribution in [3.05, 3.63) is 0 Å². The van der Waals surface area contributed by atoms with Gasteiger partial charge in [0.2, 0.25) is 0 Å². The molecule has 1 aliphatic heterocycles. The Hall–Kier alpha value is -0.593. The van der Waals surface area contributed by atoms with E-state index in [1.54, 1.807) is 4.90 Å². The highest BCUT2D eigenvalue weighted by Crippen LogP contribution is 2.37. The van der Waals surface area contributed by atoms with Crippen molar-refractivity contribution in [1.82, 2.24) is 4.90 Å². The lowest BCUT2D eigenvalue weighted by Gasteiger charge is -2.38. The highest BCUT2D eigenvalue weighted by Gasteiger charge is 2.41. The van der Waals surface area contributed by atoms with Crippen LogP contribution in [0.4, 0.5) is 4.79 Å². The number of carbonyl (C=O) groups excluding carboxylic acids is 1. The van der Waals surface area contributed by atoms with E-state index < -0.39 is 20.0 Å². The van der Waals surface area contributed by atoms with E-state index in [1.165, 1.54) is 0 Å². The van der Waals surface area contributed by atoms with Crippen molar-refractivity contribution in [3.63, 3.8) is 0 Å². The molecular weight excluding hydrogens is 298 g/mol. The van der Waals surface area contributed by atoms with Crippen molar-refractivity contribution >= 4 is 14.4 Å². The van der Waals surface area contributed by atoms with Crippen molar-refractivity contribution in [2.75, 3.05) is 13.2 Å². The van der Waals surface area contributed by atoms with Gasteiger partial charge in [-0.2, -0.15) is 0 Å². The van der Waals surface area contributed by atoms with Gasteiger partial charge in [-0.25, -0.2) is 4.79 Å². The van der Waals surface area contributed by atoms with Gasteiger partial charge in [-0.1, -0.05) is 20.8 Å². The lowest BCUT2D eigenvalue weighted by molar-refractivity contribution is 0.0168. The summed E-state index contributed by atoms with van der Waals surface area (Å²) in [6.07, 6.45) is -0.318. The molecule has 2 atom stereocenters. The molecule has 1 fully saturated rings. The summed E-state index contributed by atoms with van der Waals surface area (Å²) in [7, 11) is -1.87. The Morgan fingerprint density at radius 1 is 1.23 bits per heavy atom. The van der Waals surface area contributed by atoms with E-state index in [1.807, 2.05) is 20.8 Å². The molecule has 1 N–H and O–H groups in total. The zero-order valence-electron chi connectivity index (χ0n) is 15.4. The summed E-state index contributed by atoms with van der Waals surface area (Å²) >= 11 is 0. The average molecular weight is 332 g/mol. The van der Waals surface area contributed by atoms with Crippen molar-refractivity contribution in [1.29, 1.82) is 0 Å². The second kappa shape index (κ2) is 6.49. The molecule has 0 aromatic rings. The molecule has 0 aromatic heterocycles. The van der Waals surface area contributed by atoms with Crippen LogP contribution in [0.15, 0.2) is 0 Å². The van der Waals surface area contributed by atoms with Crippen LogP contribution in [0.3, 0.4) is 0 Å². The maximum Gasteiger partial charge on any atom is 0.410 e. The van der Waals surface area contributed by atoms with Crippen LogP contribution in [0.25, 0.3) is 0 Å². The zero-order chi connectivity index (χ0) is 17.3. The largest absolute Gasteiger partial charge is 0.444 e. The second-order valence-corrected chi connectivity index (χ2v) is 13.6. The first kappa shape index (κ1) is 19.5. The first-order chi connectivity index (χ1) is 9.73. The second-order valence-electron chi connectivity index (χ2n) is 8.75. The summed E-state index contributed by atoms with van der Waals surface area (Å²) in [4.78, 5) is 13.9. The maximum absolute atomic E-state index is 12.3. The minimum Gasteiger partial charge on any atom is -0.444 e. The minimum atomic E-state index is -1.87. The van der Waals surface area contributed by atoms with Gasteiger partial charge in [0.1, 0.15) is 5.60 Å². The van der Waals surface area contributed by atoms with Crippen molar-refractivity contribution in [3.8, 4) is 0 Å². The fraction of sp³-hybridized carbons (Fsp3) is 0.938. The highest BCUT2D eigenvalue weighted by atomic mass is 28.4. The van der Waals surface area contributed by atoms with Gasteiger partial charge in [-0.15, -0.1) is 0 Å². The topological polar surface area (TPSA) is 59.0 Å². The fourth-order valence-electron chi connectivity index (χ4n) is 2.12. The van der Waals surface area contributed by atoms with E-state index in [2.05, 4.69) is 33.9 Å². The number of aliphatic hydroxyl groups excluding tert-OH is 1. The standard InChI is InChI=1S/C16H33NO4Si/c1-15(2,3)21-14(19)17-10-13(18)9-12(17)11-20-22(7,8)16(4,5)6/h12-13,18H,9-11H2,1-8H3/t12-,13-/m0/s1. The van der Waals surface area contributed by atoms with Gasteiger partial charge in [0.25, 0.3) is 0 Å². The summed E-state index contributed by atoms with van der Waals surface area (Å²) in [5.41, 5.74) is -0.532. The summed E-state index contributed by atoms with van der Waals surface area (Å²) in [6, 6.07) is -0.112. The van der Waals surface area contributed by atoms with Crippen molar-refractivity contribution < 1.29 is 19.1 Å². The molecule has 1 rings (SSSR count). The van der Waals surface area contributed by atoms with Crippen LogP contribution in [0.2, 0.25) is 18.1 Å². The Bertz CT molecular complexity index is 398. The third kappa shape index (κ3) is 5.24. The number of rotatable bonds is 3. The monoisotopic (exact) mass is 331 g/mol. The van der Waals surface area contributed by atoms with E-state index in [0.29, 0.717) is 19.6 Å². The van der Waals surface area contributed by atoms with E-state index in [0.717, 1.165) is 0 Å². The first-order valence-electron chi connectivity index (χ1n) is 8.04. The molecule has 0 saturated carbocycles. The van der Waals surface area contributed by atoms with Crippen LogP contribution in [0.5, 0.6) is 0 Å². The van der Waals surface area contributed by atoms with Gasteiger partial charge in [0.05, 0.1) is 25.3 Å². The van der Waals surface area contributed by atoms with E-state index in [4.69, 9.17) is 9.16 Å². The Morgan fingerprint density at radius 2 is 1.77 bits per heavy atom. The van der Waals surface area contributed by atoms with Crippen LogP contribution in [-0.2, 0) is 9.16 Å². The normalized spacial score (nSPS) is 23.8. The average Bonchev–Trinajstić information content (AvgIpc) is 2.64. The van der Waals surface area contributed by atoms with Gasteiger partial charge >= 0.3 is 6.09 Å². The Labute approximate surface area is 136 Å². The minimum absolute atomic E-state index is 0.112. The SMILES string of the molecule is CC(C)(C)OC(=O)N1C[C@@H](O)C[C@H]1CO[Si](C)(C)C(C)(C)C. The number of hydrogen-bond acceptors (Lipinski definition) is 4. The summed E-state index contributed by atoms with van der Waals surface area (Å²) in [6.45, 7) is 17.3. The van der Waals surface area contributed by atoms with Gasteiger partial charge in [-0.05, 0) is 45.3 Å². The number of ether oxygens (including phenoxy) is 1. The summed E-state index contributed by atoms with van der Waals surface area (Å²) in [5.74, 6) is 0. The number of hydrogen-bond donors (Lipinski definition) is 1. The molecule has 1 heterocycles. The Kier molecular flexibility index (Phi) is 5.74. The summed E-state index contributed by atoms with van der Waals surface area (Å²) in [5, 5.41) is 10.0. The molecule has 1 aliphatic rings. The Morgan fingerprint density at radius 3 is 2.23 bits per heavy atom. The predicted molar refractivity (Wildman–Crippen MR) is 90.5 cm³/mol. The smallest absolute Gasteiger partial charge is 0.410 e. The molecule has 0 spiro atoms. The Balaban J connectivity index is 2.70. The van der Waals surface area contributed by atoms with Crippen molar-refractivity contribution in [2.45, 2.75) is 83.8 Å². The summed E-state index contributed by atoms with van der Waals surface area (Å²) < 4.78 is 11.6. The van der Waals surface area contributed by atoms with Crippen LogP contribution < -0.4 is 0 Å². The number of amides is 1. The molecule has 5 nitrogen and oxygen atoms in total. The lowest BCUT2D eigenvalue weighted by atomic mass is 10.2. The van der Waals surface area contributed by atoms with Gasteiger partial charge in [0.15, 0.2) is 8.32 Å². The molecule has 0 unspecified atom stereocenters. The number of likely N-dealkylation sites (tertiary alicyclic amines) is 1. The molecule has 0 radical (unpaired) electrons. The lowest BCUT2D eigenvalue weighted by Crippen LogP contribution is -2.46. The number of β-amino-alcohol motifs (C(OH)–C–C–N with tert-alkyl or cyclic N) is 1. The van der Waals surface area contributed by atoms with E-state index in [-0.39, 0.29) is 17.2 Å². The van der Waals surface area contributed by atoms with Crippen molar-refractivity contribution in [2.24, 2.45) is 0 Å². The first-order valence-corrected chi connectivity index (χ1v) is 11.0. The van der Waals surface area contributed by atoms with Gasteiger partial charge in [-0.3, -0.25) is 0 Å². The van der Waals surface area contributed by atoms with E-state index in [9.17, 15) is 9.90 Å². The van der Waals surface area contributed by atoms with Crippen LogP contribution in [0, 0.1) is 0 Å². The van der Waals surface area contributed by atoms with E-state index >= 15 is 0 Å². The molecule has 1 saturated heterocycles. The van der Waals surface area contributed by atoms with Gasteiger partial charge < -0.3 is 19.2 Å². The molecule has 130 valence electrons. The maximum atomic E-state index is 12.3. The molecular formula is C16H33NO4Si. The molecule has 0 bridgehead atoms. The molecule has 1 amide bonds. The number of carbonyl (C=O) groups is 1. The third-order valence-electron chi connectivity index (χ3n) is 4.46. The fourth-order valence-corrected chi connectivity index (χ4v) is 3.16. The van der Waals surface area contributed by atoms with Gasteiger partial charge in [0, 0.05) is 0 Å². The molecule has 22 heavy (non-hydrogen) atoms. The quantitative estimate of drug-likeness (QED) is 0.806. The van der Waals surface area contributed by atoms with Crippen LogP contribution in [-0.4, -0.2) is 55.3 Å². The van der Waals surface area contributed by atoms with Crippen LogP contribution >= 0.6 is 0 Å². The zero-order valence-corrected chi connectivity index (χ0v) is 16.4. The highest BCUT2D eigenvalue weighted by molar-refractivity contribution is 6.74. The number of aliphatic hydroxyl groups is 1. The third-order valence-corrected chi connectivity index (χ3v) is 8.96.